The molecule has 6 heteroatoms. The summed E-state index contributed by atoms with van der Waals surface area (Å²) in [6.07, 6.45) is 9.23. The lowest BCUT2D eigenvalue weighted by Crippen LogP contribution is -2.42. The predicted molar refractivity (Wildman–Crippen MR) is 69.6 cm³/mol. The van der Waals surface area contributed by atoms with Crippen LogP contribution in [0.3, 0.4) is 0 Å². The molecular weight excluding hydrogens is 282 g/mol. The molecule has 0 aliphatic heterocycles. The van der Waals surface area contributed by atoms with Crippen LogP contribution in [0.25, 0.3) is 5.65 Å². The zero-order valence-corrected chi connectivity index (χ0v) is 11.0. The number of aromatic nitrogens is 4. The summed E-state index contributed by atoms with van der Waals surface area (Å²) in [7, 11) is 0. The molecular formula is C11H14BrN5. The smallest absolute Gasteiger partial charge is 0.203 e. The highest BCUT2D eigenvalue weighted by atomic mass is 79.9. The molecule has 3 rings (SSSR count). The minimum absolute atomic E-state index is 0.614. The topological polar surface area (TPSA) is 46.3 Å². The van der Waals surface area contributed by atoms with E-state index in [0.29, 0.717) is 6.04 Å². The van der Waals surface area contributed by atoms with Gasteiger partial charge in [0.25, 0.3) is 0 Å². The molecule has 0 bridgehead atoms. The molecule has 2 heterocycles. The van der Waals surface area contributed by atoms with Crippen molar-refractivity contribution in [2.45, 2.75) is 25.3 Å². The van der Waals surface area contributed by atoms with E-state index in [-0.39, 0.29) is 0 Å². The van der Waals surface area contributed by atoms with E-state index >= 15 is 0 Å². The maximum Gasteiger partial charge on any atom is 0.203 e. The van der Waals surface area contributed by atoms with Crippen LogP contribution in [0.5, 0.6) is 0 Å². The highest BCUT2D eigenvalue weighted by Gasteiger charge is 2.27. The first kappa shape index (κ1) is 11.0. The van der Waals surface area contributed by atoms with Crippen LogP contribution in [0.1, 0.15) is 19.3 Å². The molecule has 0 atom stereocenters. The van der Waals surface area contributed by atoms with Gasteiger partial charge in [-0.1, -0.05) is 15.9 Å². The Morgan fingerprint density at radius 1 is 1.47 bits per heavy atom. The lowest BCUT2D eigenvalue weighted by Gasteiger charge is -2.38. The van der Waals surface area contributed by atoms with Gasteiger partial charge in [-0.05, 0) is 19.3 Å². The van der Waals surface area contributed by atoms with E-state index in [0.717, 1.165) is 23.3 Å². The van der Waals surface area contributed by atoms with E-state index < -0.39 is 0 Å². The lowest BCUT2D eigenvalue weighted by molar-refractivity contribution is 0.389. The number of hydrogen-bond acceptors (Lipinski definition) is 4. The van der Waals surface area contributed by atoms with Gasteiger partial charge in [-0.2, -0.15) is 0 Å². The fourth-order valence-corrected chi connectivity index (χ4v) is 2.58. The molecule has 90 valence electrons. The number of anilines is 1. The van der Waals surface area contributed by atoms with Crippen LogP contribution < -0.4 is 4.90 Å². The van der Waals surface area contributed by atoms with E-state index in [1.165, 1.54) is 19.3 Å². The number of hydrogen-bond donors (Lipinski definition) is 0. The Morgan fingerprint density at radius 3 is 3.06 bits per heavy atom. The van der Waals surface area contributed by atoms with E-state index in [1.807, 2.05) is 16.8 Å². The summed E-state index contributed by atoms with van der Waals surface area (Å²) in [5.74, 6) is 0.953. The Bertz CT molecular complexity index is 507. The van der Waals surface area contributed by atoms with Gasteiger partial charge in [0.05, 0.1) is 0 Å². The minimum Gasteiger partial charge on any atom is -0.350 e. The van der Waals surface area contributed by atoms with Crippen LogP contribution in [-0.2, 0) is 0 Å². The SMILES string of the molecule is BrCCN(c1nccn2cnnc12)C1CCC1. The maximum absolute atomic E-state index is 4.48. The summed E-state index contributed by atoms with van der Waals surface area (Å²) in [6.45, 7) is 0.962. The molecule has 1 aliphatic carbocycles. The predicted octanol–water partition coefficient (Wildman–Crippen LogP) is 1.88. The summed E-state index contributed by atoms with van der Waals surface area (Å²) in [6, 6.07) is 0.614. The second-order valence-corrected chi connectivity index (χ2v) is 5.07. The molecule has 0 spiro atoms. The van der Waals surface area contributed by atoms with Crippen molar-refractivity contribution in [3.05, 3.63) is 18.7 Å². The van der Waals surface area contributed by atoms with Crippen LogP contribution in [0.2, 0.25) is 0 Å². The van der Waals surface area contributed by atoms with Gasteiger partial charge in [-0.25, -0.2) is 4.98 Å². The largest absolute Gasteiger partial charge is 0.350 e. The number of alkyl halides is 1. The Morgan fingerprint density at radius 2 is 2.35 bits per heavy atom. The molecule has 0 aromatic carbocycles. The summed E-state index contributed by atoms with van der Waals surface area (Å²) < 4.78 is 1.92. The molecule has 2 aromatic heterocycles. The summed E-state index contributed by atoms with van der Waals surface area (Å²) in [5, 5.41) is 9.04. The van der Waals surface area contributed by atoms with Gasteiger partial charge in [0.2, 0.25) is 5.65 Å². The minimum atomic E-state index is 0.614. The Balaban J connectivity index is 2.01. The van der Waals surface area contributed by atoms with E-state index in [9.17, 15) is 0 Å². The third-order valence-electron chi connectivity index (χ3n) is 3.31. The molecule has 0 amide bonds. The summed E-state index contributed by atoms with van der Waals surface area (Å²) in [5.41, 5.74) is 0.848. The van der Waals surface area contributed by atoms with Gasteiger partial charge in [0, 0.05) is 30.3 Å². The Labute approximate surface area is 108 Å². The van der Waals surface area contributed by atoms with Gasteiger partial charge >= 0.3 is 0 Å². The van der Waals surface area contributed by atoms with E-state index in [2.05, 4.69) is 36.0 Å². The number of rotatable bonds is 4. The fraction of sp³-hybridized carbons (Fsp3) is 0.545. The van der Waals surface area contributed by atoms with Gasteiger partial charge in [0.1, 0.15) is 6.33 Å². The van der Waals surface area contributed by atoms with Crippen LogP contribution in [0.4, 0.5) is 5.82 Å². The lowest BCUT2D eigenvalue weighted by atomic mass is 9.91. The standard InChI is InChI=1S/C11H14BrN5/c12-4-6-17(9-2-1-3-9)10-11-15-14-8-16(11)7-5-13-10/h5,7-9H,1-4,6H2. The van der Waals surface area contributed by atoms with Crippen molar-refractivity contribution in [3.63, 3.8) is 0 Å². The number of fused-ring (bicyclic) bond motifs is 1. The van der Waals surface area contributed by atoms with Crippen molar-refractivity contribution in [1.82, 2.24) is 19.6 Å². The quantitative estimate of drug-likeness (QED) is 0.808. The Kier molecular flexibility index (Phi) is 2.96. The first-order valence-electron chi connectivity index (χ1n) is 5.87. The van der Waals surface area contributed by atoms with Gasteiger partial charge < -0.3 is 4.90 Å². The maximum atomic E-state index is 4.48. The van der Waals surface area contributed by atoms with Gasteiger partial charge in [-0.3, -0.25) is 4.40 Å². The molecule has 1 saturated carbocycles. The normalized spacial score (nSPS) is 16.1. The average Bonchev–Trinajstić information content (AvgIpc) is 2.73. The second-order valence-electron chi connectivity index (χ2n) is 4.28. The van der Waals surface area contributed by atoms with Crippen LogP contribution in [0.15, 0.2) is 18.7 Å². The second kappa shape index (κ2) is 4.60. The van der Waals surface area contributed by atoms with E-state index in [4.69, 9.17) is 0 Å². The zero-order chi connectivity index (χ0) is 11.7. The van der Waals surface area contributed by atoms with Crippen LogP contribution >= 0.6 is 15.9 Å². The van der Waals surface area contributed by atoms with Crippen molar-refractivity contribution in [2.24, 2.45) is 0 Å². The molecule has 0 unspecified atom stereocenters. The first-order chi connectivity index (χ1) is 8.40. The zero-order valence-electron chi connectivity index (χ0n) is 9.46. The molecule has 1 aliphatic rings. The summed E-state index contributed by atoms with van der Waals surface area (Å²) in [4.78, 5) is 6.83. The van der Waals surface area contributed by atoms with Crippen molar-refractivity contribution >= 4 is 27.4 Å². The molecule has 2 aromatic rings. The van der Waals surface area contributed by atoms with Crippen molar-refractivity contribution in [1.29, 1.82) is 0 Å². The monoisotopic (exact) mass is 295 g/mol. The van der Waals surface area contributed by atoms with Crippen molar-refractivity contribution < 1.29 is 0 Å². The highest BCUT2D eigenvalue weighted by Crippen LogP contribution is 2.29. The third-order valence-corrected chi connectivity index (χ3v) is 3.66. The molecule has 0 N–H and O–H groups in total. The van der Waals surface area contributed by atoms with E-state index in [1.54, 1.807) is 6.33 Å². The first-order valence-corrected chi connectivity index (χ1v) is 6.99. The van der Waals surface area contributed by atoms with Gasteiger partial charge in [-0.15, -0.1) is 10.2 Å². The fourth-order valence-electron chi connectivity index (χ4n) is 2.20. The van der Waals surface area contributed by atoms with Crippen LogP contribution in [0, 0.1) is 0 Å². The Hall–Kier alpha value is -1.17. The van der Waals surface area contributed by atoms with Crippen molar-refractivity contribution in [2.75, 3.05) is 16.8 Å². The highest BCUT2D eigenvalue weighted by molar-refractivity contribution is 9.09. The van der Waals surface area contributed by atoms with Gasteiger partial charge in [0.15, 0.2) is 5.82 Å². The summed E-state index contributed by atoms with van der Waals surface area (Å²) >= 11 is 3.51. The molecule has 17 heavy (non-hydrogen) atoms. The van der Waals surface area contributed by atoms with Crippen molar-refractivity contribution in [3.8, 4) is 0 Å². The van der Waals surface area contributed by atoms with Crippen LogP contribution in [-0.4, -0.2) is 37.5 Å². The number of nitrogens with zero attached hydrogens (tertiary/aromatic N) is 5. The molecule has 0 saturated heterocycles. The molecule has 5 nitrogen and oxygen atoms in total. The number of halogens is 1. The third kappa shape index (κ3) is 1.90. The average molecular weight is 296 g/mol. The molecule has 0 radical (unpaired) electrons. The molecule has 1 fully saturated rings.